The van der Waals surface area contributed by atoms with Gasteiger partial charge < -0.3 is 0 Å². The third-order valence-electron chi connectivity index (χ3n) is 4.44. The highest BCUT2D eigenvalue weighted by Crippen LogP contribution is 2.58. The zero-order chi connectivity index (χ0) is 10.3. The maximum Gasteiger partial charge on any atom is 0.0899 e. The molecule has 0 aliphatic heterocycles. The Morgan fingerprint density at radius 1 is 1.50 bits per heavy atom. The van der Waals surface area contributed by atoms with Crippen LogP contribution in [0.15, 0.2) is 0 Å². The first-order chi connectivity index (χ1) is 6.57. The molecular weight excluding hydrogens is 199 g/mol. The van der Waals surface area contributed by atoms with E-state index in [1.165, 1.54) is 6.42 Å². The predicted octanol–water partition coefficient (Wildman–Crippen LogP) is 2.53. The third-order valence-corrected chi connectivity index (χ3v) is 5.87. The van der Waals surface area contributed by atoms with E-state index < -0.39 is 10.8 Å². The lowest BCUT2D eigenvalue weighted by molar-refractivity contribution is 0.159. The molecular formula is C11H19FOS. The molecule has 2 saturated carbocycles. The summed E-state index contributed by atoms with van der Waals surface area (Å²) >= 11 is 0. The summed E-state index contributed by atoms with van der Waals surface area (Å²) in [4.78, 5) is 0. The lowest BCUT2D eigenvalue weighted by atomic mass is 9.73. The van der Waals surface area contributed by atoms with Crippen molar-refractivity contribution in [3.63, 3.8) is 0 Å². The fourth-order valence-electron chi connectivity index (χ4n) is 3.56. The summed E-state index contributed by atoms with van der Waals surface area (Å²) in [5.74, 6) is 1.25. The van der Waals surface area contributed by atoms with Crippen LogP contribution in [0, 0.1) is 17.3 Å². The van der Waals surface area contributed by atoms with Crippen molar-refractivity contribution in [1.82, 2.24) is 0 Å². The van der Waals surface area contributed by atoms with Crippen LogP contribution < -0.4 is 0 Å². The van der Waals surface area contributed by atoms with Crippen molar-refractivity contribution in [1.29, 1.82) is 0 Å². The van der Waals surface area contributed by atoms with Gasteiger partial charge in [0.05, 0.1) is 6.67 Å². The van der Waals surface area contributed by atoms with Crippen molar-refractivity contribution in [2.24, 2.45) is 17.3 Å². The highest BCUT2D eigenvalue weighted by atomic mass is 32.2. The zero-order valence-electron chi connectivity index (χ0n) is 8.96. The van der Waals surface area contributed by atoms with E-state index in [1.807, 2.05) is 6.26 Å². The Labute approximate surface area is 87.9 Å². The van der Waals surface area contributed by atoms with Gasteiger partial charge >= 0.3 is 0 Å². The lowest BCUT2D eigenvalue weighted by Gasteiger charge is -2.35. The summed E-state index contributed by atoms with van der Waals surface area (Å²) in [6, 6.07) is 0. The molecule has 2 fully saturated rings. The fraction of sp³-hybridized carbons (Fsp3) is 1.00. The summed E-state index contributed by atoms with van der Waals surface area (Å²) < 4.78 is 23.9. The molecule has 2 aliphatic carbocycles. The van der Waals surface area contributed by atoms with Gasteiger partial charge in [-0.1, -0.05) is 6.92 Å². The Kier molecular flexibility index (Phi) is 2.71. The second-order valence-corrected chi connectivity index (χ2v) is 6.87. The maximum absolute atomic E-state index is 12.4. The van der Waals surface area contributed by atoms with E-state index in [0.29, 0.717) is 23.5 Å². The molecule has 0 saturated heterocycles. The minimum atomic E-state index is -0.671. The van der Waals surface area contributed by atoms with Crippen LogP contribution >= 0.6 is 0 Å². The zero-order valence-corrected chi connectivity index (χ0v) is 9.78. The highest BCUT2D eigenvalue weighted by Gasteiger charge is 2.52. The van der Waals surface area contributed by atoms with Crippen molar-refractivity contribution in [3.8, 4) is 0 Å². The second kappa shape index (κ2) is 3.58. The highest BCUT2D eigenvalue weighted by molar-refractivity contribution is 7.84. The van der Waals surface area contributed by atoms with E-state index in [4.69, 9.17) is 0 Å². The number of halogens is 1. The molecule has 82 valence electrons. The standard InChI is InChI=1S/C11H19FOS/c1-11(3-4-12)7-8-5-9(11)6-10(8)14(2)13/h8-10H,3-7H2,1-2H3. The molecule has 14 heavy (non-hydrogen) atoms. The van der Waals surface area contributed by atoms with Crippen LogP contribution in [-0.2, 0) is 10.8 Å². The van der Waals surface area contributed by atoms with E-state index in [2.05, 4.69) is 6.92 Å². The Balaban J connectivity index is 2.06. The summed E-state index contributed by atoms with van der Waals surface area (Å²) in [5, 5.41) is 0.410. The Bertz CT molecular complexity index is 256. The number of alkyl halides is 1. The van der Waals surface area contributed by atoms with Crippen LogP contribution in [0.5, 0.6) is 0 Å². The number of fused-ring (bicyclic) bond motifs is 2. The van der Waals surface area contributed by atoms with Crippen molar-refractivity contribution >= 4 is 10.8 Å². The van der Waals surface area contributed by atoms with E-state index in [1.54, 1.807) is 0 Å². The van der Waals surface area contributed by atoms with Gasteiger partial charge in [-0.15, -0.1) is 0 Å². The van der Waals surface area contributed by atoms with Crippen molar-refractivity contribution < 1.29 is 8.60 Å². The first kappa shape index (κ1) is 10.6. The van der Waals surface area contributed by atoms with Gasteiger partial charge in [0, 0.05) is 22.3 Å². The molecule has 2 aliphatic rings. The molecule has 3 heteroatoms. The van der Waals surface area contributed by atoms with Crippen LogP contribution in [0.1, 0.15) is 32.6 Å². The van der Waals surface area contributed by atoms with Crippen molar-refractivity contribution in [3.05, 3.63) is 0 Å². The molecule has 0 aromatic carbocycles. The van der Waals surface area contributed by atoms with Crippen LogP contribution in [0.2, 0.25) is 0 Å². The molecule has 5 atom stereocenters. The lowest BCUT2D eigenvalue weighted by Crippen LogP contribution is -2.32. The van der Waals surface area contributed by atoms with Gasteiger partial charge in [-0.3, -0.25) is 8.60 Å². The molecule has 0 amide bonds. The average molecular weight is 218 g/mol. The van der Waals surface area contributed by atoms with Crippen LogP contribution in [-0.4, -0.2) is 22.4 Å². The summed E-state index contributed by atoms with van der Waals surface area (Å²) in [5.41, 5.74) is 0.218. The number of hydrogen-bond acceptors (Lipinski definition) is 1. The van der Waals surface area contributed by atoms with E-state index in [9.17, 15) is 8.60 Å². The van der Waals surface area contributed by atoms with Gasteiger partial charge in [-0.2, -0.15) is 0 Å². The SMILES string of the molecule is CS(=O)C1CC2CC1CC2(C)CCF. The third kappa shape index (κ3) is 1.54. The summed E-state index contributed by atoms with van der Waals surface area (Å²) in [6.45, 7) is 2.02. The fourth-order valence-corrected chi connectivity index (χ4v) is 4.82. The number of rotatable bonds is 3. The Morgan fingerprint density at radius 3 is 2.64 bits per heavy atom. The van der Waals surface area contributed by atoms with Gasteiger partial charge in [0.1, 0.15) is 0 Å². The molecule has 0 heterocycles. The molecule has 0 aromatic rings. The first-order valence-electron chi connectivity index (χ1n) is 5.45. The largest absolute Gasteiger partial charge is 0.260 e. The molecule has 2 rings (SSSR count). The van der Waals surface area contributed by atoms with Crippen LogP contribution in [0.25, 0.3) is 0 Å². The van der Waals surface area contributed by atoms with Crippen molar-refractivity contribution in [2.75, 3.05) is 12.9 Å². The Morgan fingerprint density at radius 2 is 2.21 bits per heavy atom. The topological polar surface area (TPSA) is 17.1 Å². The number of hydrogen-bond donors (Lipinski definition) is 0. The normalized spacial score (nSPS) is 48.4. The first-order valence-corrected chi connectivity index (χ1v) is 7.07. The molecule has 0 spiro atoms. The molecule has 0 aromatic heterocycles. The molecule has 0 radical (unpaired) electrons. The quantitative estimate of drug-likeness (QED) is 0.711. The van der Waals surface area contributed by atoms with Gasteiger partial charge in [0.25, 0.3) is 0 Å². The van der Waals surface area contributed by atoms with E-state index in [-0.39, 0.29) is 12.1 Å². The predicted molar refractivity (Wildman–Crippen MR) is 57.4 cm³/mol. The molecule has 5 unspecified atom stereocenters. The van der Waals surface area contributed by atoms with E-state index >= 15 is 0 Å². The summed E-state index contributed by atoms with van der Waals surface area (Å²) in [6.07, 6.45) is 5.89. The van der Waals surface area contributed by atoms with Gasteiger partial charge in [0.15, 0.2) is 0 Å². The summed E-state index contributed by atoms with van der Waals surface area (Å²) in [7, 11) is -0.671. The molecule has 2 bridgehead atoms. The monoisotopic (exact) mass is 218 g/mol. The van der Waals surface area contributed by atoms with Gasteiger partial charge in [0.2, 0.25) is 0 Å². The van der Waals surface area contributed by atoms with Gasteiger partial charge in [-0.25, -0.2) is 0 Å². The van der Waals surface area contributed by atoms with Crippen LogP contribution in [0.4, 0.5) is 4.39 Å². The molecule has 1 nitrogen and oxygen atoms in total. The molecule has 0 N–H and O–H groups in total. The van der Waals surface area contributed by atoms with E-state index in [0.717, 1.165) is 12.8 Å². The second-order valence-electron chi connectivity index (χ2n) is 5.26. The minimum absolute atomic E-state index is 0.195. The van der Waals surface area contributed by atoms with Crippen molar-refractivity contribution in [2.45, 2.75) is 37.9 Å². The average Bonchev–Trinajstić information content (AvgIpc) is 2.60. The smallest absolute Gasteiger partial charge is 0.0899 e. The Hall–Kier alpha value is 0.0800. The van der Waals surface area contributed by atoms with Gasteiger partial charge in [-0.05, 0) is 42.9 Å². The minimum Gasteiger partial charge on any atom is -0.260 e. The maximum atomic E-state index is 12.4. The van der Waals surface area contributed by atoms with Crippen LogP contribution in [0.3, 0.4) is 0 Å².